The quantitative estimate of drug-likeness (QED) is 0.201. The Labute approximate surface area is 203 Å². The third-order valence-corrected chi connectivity index (χ3v) is 4.75. The van der Waals surface area contributed by atoms with Crippen molar-refractivity contribution in [2.75, 3.05) is 27.7 Å². The van der Waals surface area contributed by atoms with Crippen LogP contribution in [0, 0.1) is 30.3 Å². The van der Waals surface area contributed by atoms with Gasteiger partial charge >= 0.3 is 5.69 Å². The third-order valence-electron chi connectivity index (χ3n) is 4.75. The fourth-order valence-electron chi connectivity index (χ4n) is 3.34. The summed E-state index contributed by atoms with van der Waals surface area (Å²) in [4.78, 5) is 44.7. The normalized spacial score (nSPS) is 11.4. The number of hydrazone groups is 1. The zero-order valence-electron chi connectivity index (χ0n) is 19.4. The van der Waals surface area contributed by atoms with Crippen LogP contribution in [-0.2, 0) is 4.79 Å². The van der Waals surface area contributed by atoms with Gasteiger partial charge in [-0.2, -0.15) is 5.10 Å². The van der Waals surface area contributed by atoms with Gasteiger partial charge in [-0.3, -0.25) is 35.1 Å². The van der Waals surface area contributed by atoms with Crippen molar-refractivity contribution in [3.8, 4) is 22.5 Å². The van der Waals surface area contributed by atoms with Crippen LogP contribution in [0.1, 0.15) is 5.76 Å². The molecule has 0 atom stereocenters. The van der Waals surface area contributed by atoms with Crippen molar-refractivity contribution in [3.05, 3.63) is 84.6 Å². The van der Waals surface area contributed by atoms with Gasteiger partial charge in [-0.1, -0.05) is 24.3 Å². The molecule has 1 heterocycles. The second kappa shape index (κ2) is 10.1. The zero-order valence-corrected chi connectivity index (χ0v) is 19.4. The lowest BCUT2D eigenvalue weighted by Crippen LogP contribution is -2.43. The van der Waals surface area contributed by atoms with Gasteiger partial charge in [-0.15, -0.1) is 0 Å². The number of hydrogen-bond donors (Lipinski definition) is 1. The number of carbonyl (C=O) groups is 1. The molecule has 1 amide bonds. The number of nitrogens with one attached hydrogen (secondary N) is 1. The highest BCUT2D eigenvalue weighted by Crippen LogP contribution is 2.44. The number of furan rings is 1. The standard InChI is InChI=1S/C22H20N6O8/c1-28(2,3)13-19(29)24-23-12-18-21(27(34)35)20(14-6-4-8-16(10-14)25(30)31)22(36-18)15-7-5-9-17(11-15)26(32)33/h4-12H,13H2,1-3H3/p+1/b23-12-. The molecule has 2 aromatic carbocycles. The molecule has 0 aliphatic carbocycles. The van der Waals surface area contributed by atoms with E-state index in [1.807, 2.05) is 0 Å². The molecule has 3 rings (SSSR count). The van der Waals surface area contributed by atoms with Crippen molar-refractivity contribution < 1.29 is 28.5 Å². The largest absolute Gasteiger partial charge is 0.447 e. The molecular formula is C22H21N6O8+. The summed E-state index contributed by atoms with van der Waals surface area (Å²) in [6.45, 7) is 0.0788. The molecule has 0 unspecified atom stereocenters. The Morgan fingerprint density at radius 1 is 0.944 bits per heavy atom. The van der Waals surface area contributed by atoms with E-state index in [9.17, 15) is 35.1 Å². The molecule has 36 heavy (non-hydrogen) atoms. The lowest BCUT2D eigenvalue weighted by Gasteiger charge is -2.21. The molecular weight excluding hydrogens is 476 g/mol. The maximum absolute atomic E-state index is 12.1. The molecule has 0 aliphatic heterocycles. The number of rotatable bonds is 9. The van der Waals surface area contributed by atoms with Gasteiger partial charge in [0.2, 0.25) is 5.76 Å². The smallest absolute Gasteiger partial charge is 0.324 e. The minimum atomic E-state index is -0.756. The fourth-order valence-corrected chi connectivity index (χ4v) is 3.34. The second-order valence-electron chi connectivity index (χ2n) is 8.63. The van der Waals surface area contributed by atoms with Crippen molar-refractivity contribution in [1.82, 2.24) is 5.43 Å². The van der Waals surface area contributed by atoms with Gasteiger partial charge in [0.1, 0.15) is 11.3 Å². The van der Waals surface area contributed by atoms with Crippen LogP contribution in [0.3, 0.4) is 0 Å². The van der Waals surface area contributed by atoms with Crippen LogP contribution in [0.4, 0.5) is 17.1 Å². The third kappa shape index (κ3) is 5.92. The van der Waals surface area contributed by atoms with E-state index in [2.05, 4.69) is 10.5 Å². The summed E-state index contributed by atoms with van der Waals surface area (Å²) in [6.07, 6.45) is 0.938. The van der Waals surface area contributed by atoms with Crippen LogP contribution in [0.5, 0.6) is 0 Å². The molecule has 0 aliphatic rings. The van der Waals surface area contributed by atoms with E-state index in [0.29, 0.717) is 4.48 Å². The first-order valence-electron chi connectivity index (χ1n) is 10.3. The van der Waals surface area contributed by atoms with Crippen molar-refractivity contribution in [2.45, 2.75) is 0 Å². The molecule has 0 saturated carbocycles. The highest BCUT2D eigenvalue weighted by Gasteiger charge is 2.32. The first-order chi connectivity index (χ1) is 16.9. The Morgan fingerprint density at radius 3 is 2.03 bits per heavy atom. The van der Waals surface area contributed by atoms with E-state index in [1.54, 1.807) is 21.1 Å². The van der Waals surface area contributed by atoms with Gasteiger partial charge < -0.3 is 8.90 Å². The van der Waals surface area contributed by atoms with Gasteiger partial charge in [-0.05, 0) is 5.56 Å². The summed E-state index contributed by atoms with van der Waals surface area (Å²) in [5.41, 5.74) is 1.14. The summed E-state index contributed by atoms with van der Waals surface area (Å²) in [6, 6.07) is 10.3. The summed E-state index contributed by atoms with van der Waals surface area (Å²) in [5, 5.41) is 38.4. The predicted molar refractivity (Wildman–Crippen MR) is 128 cm³/mol. The maximum Gasteiger partial charge on any atom is 0.324 e. The van der Waals surface area contributed by atoms with Gasteiger partial charge in [0.15, 0.2) is 6.54 Å². The molecule has 1 N–H and O–H groups in total. The molecule has 0 saturated heterocycles. The number of nitro groups is 3. The average Bonchev–Trinajstić information content (AvgIpc) is 3.18. The van der Waals surface area contributed by atoms with E-state index in [-0.39, 0.29) is 46.1 Å². The second-order valence-corrected chi connectivity index (χ2v) is 8.63. The minimum absolute atomic E-state index is 0.0786. The highest BCUT2D eigenvalue weighted by atomic mass is 16.6. The highest BCUT2D eigenvalue weighted by molar-refractivity contribution is 5.96. The van der Waals surface area contributed by atoms with E-state index >= 15 is 0 Å². The van der Waals surface area contributed by atoms with Crippen molar-refractivity contribution in [2.24, 2.45) is 5.10 Å². The van der Waals surface area contributed by atoms with Crippen LogP contribution < -0.4 is 5.43 Å². The Hall–Kier alpha value is -4.98. The molecule has 186 valence electrons. The number of benzene rings is 2. The van der Waals surface area contributed by atoms with E-state index < -0.39 is 26.4 Å². The van der Waals surface area contributed by atoms with Crippen LogP contribution in [0.15, 0.2) is 58.0 Å². The molecule has 0 bridgehead atoms. The van der Waals surface area contributed by atoms with Crippen LogP contribution >= 0.6 is 0 Å². The molecule has 1 aromatic heterocycles. The van der Waals surface area contributed by atoms with Crippen LogP contribution in [-0.4, -0.2) is 59.1 Å². The van der Waals surface area contributed by atoms with Crippen LogP contribution in [0.25, 0.3) is 22.5 Å². The van der Waals surface area contributed by atoms with E-state index in [4.69, 9.17) is 4.42 Å². The molecule has 0 radical (unpaired) electrons. The van der Waals surface area contributed by atoms with Gasteiger partial charge in [-0.25, -0.2) is 5.43 Å². The summed E-state index contributed by atoms with van der Waals surface area (Å²) < 4.78 is 6.04. The number of carbonyl (C=O) groups excluding carboxylic acids is 1. The lowest BCUT2D eigenvalue weighted by atomic mass is 9.99. The minimum Gasteiger partial charge on any atom is -0.447 e. The fraction of sp³-hybridized carbons (Fsp3) is 0.182. The monoisotopic (exact) mass is 497 g/mol. The van der Waals surface area contributed by atoms with E-state index in [0.717, 1.165) is 18.3 Å². The van der Waals surface area contributed by atoms with Crippen molar-refractivity contribution in [1.29, 1.82) is 0 Å². The summed E-state index contributed by atoms with van der Waals surface area (Å²) in [7, 11) is 5.37. The van der Waals surface area contributed by atoms with Crippen molar-refractivity contribution in [3.63, 3.8) is 0 Å². The van der Waals surface area contributed by atoms with Crippen LogP contribution in [0.2, 0.25) is 0 Å². The van der Waals surface area contributed by atoms with E-state index in [1.165, 1.54) is 36.4 Å². The SMILES string of the molecule is C[N+](C)(C)CC(=O)N/N=C\c1oc(-c2cccc([N+](=O)[O-])c2)c(-c2cccc([N+](=O)[O-])c2)c1[N+](=O)[O-]. The number of likely N-dealkylation sites (N-methyl/N-ethyl adjacent to an activating group) is 1. The number of nitro benzene ring substituents is 2. The van der Waals surface area contributed by atoms with Crippen molar-refractivity contribution >= 4 is 29.2 Å². The van der Waals surface area contributed by atoms with Gasteiger partial charge in [0.05, 0.1) is 42.1 Å². The number of hydrogen-bond acceptors (Lipinski definition) is 9. The molecule has 0 spiro atoms. The Balaban J connectivity index is 2.20. The first-order valence-corrected chi connectivity index (χ1v) is 10.3. The lowest BCUT2D eigenvalue weighted by molar-refractivity contribution is -0.862. The zero-order chi connectivity index (χ0) is 26.6. The average molecular weight is 497 g/mol. The number of non-ortho nitro benzene ring substituents is 2. The molecule has 14 nitrogen and oxygen atoms in total. The Morgan fingerprint density at radius 2 is 1.50 bits per heavy atom. The molecule has 3 aromatic rings. The first kappa shape index (κ1) is 25.6. The topological polar surface area (TPSA) is 184 Å². The number of quaternary nitrogens is 1. The molecule has 14 heteroatoms. The predicted octanol–water partition coefficient (Wildman–Crippen LogP) is 3.49. The summed E-state index contributed by atoms with van der Waals surface area (Å²) >= 11 is 0. The number of amides is 1. The number of nitrogens with zero attached hydrogens (tertiary/aromatic N) is 5. The van der Waals surface area contributed by atoms with Gasteiger partial charge in [0.25, 0.3) is 17.3 Å². The Kier molecular flexibility index (Phi) is 7.20. The van der Waals surface area contributed by atoms with Gasteiger partial charge in [0, 0.05) is 29.8 Å². The summed E-state index contributed by atoms with van der Waals surface area (Å²) in [5.74, 6) is -0.954. The Bertz CT molecular complexity index is 1390. The molecule has 0 fully saturated rings. The maximum atomic E-state index is 12.1.